The van der Waals surface area contributed by atoms with Crippen LogP contribution in [0.1, 0.15) is 6.42 Å². The van der Waals surface area contributed by atoms with Crippen molar-refractivity contribution in [1.82, 2.24) is 0 Å². The molecule has 3 aromatic rings. The lowest BCUT2D eigenvalue weighted by atomic mass is 10.3. The molecular weight excluding hydrogens is 399 g/mol. The molecule has 1 saturated heterocycles. The normalized spacial score (nSPS) is 15.0. The molecule has 1 aliphatic rings. The number of rotatable bonds is 7. The van der Waals surface area contributed by atoms with E-state index in [2.05, 4.69) is 57.9 Å². The molecule has 0 bridgehead atoms. The highest BCUT2D eigenvalue weighted by Crippen LogP contribution is 2.53. The molecule has 0 spiro atoms. The van der Waals surface area contributed by atoms with Gasteiger partial charge in [-0.1, -0.05) is 54.6 Å². The monoisotopic (exact) mass is 424 g/mol. The van der Waals surface area contributed by atoms with E-state index in [0.29, 0.717) is 11.3 Å². The fourth-order valence-corrected chi connectivity index (χ4v) is 7.83. The number of hydrogen-bond acceptors (Lipinski definition) is 4. The van der Waals surface area contributed by atoms with Gasteiger partial charge in [-0.2, -0.15) is 0 Å². The van der Waals surface area contributed by atoms with Crippen molar-refractivity contribution in [3.63, 3.8) is 0 Å². The van der Waals surface area contributed by atoms with E-state index in [-0.39, 0.29) is 5.75 Å². The van der Waals surface area contributed by atoms with Gasteiger partial charge in [0.1, 0.15) is 0 Å². The van der Waals surface area contributed by atoms with E-state index in [1.54, 1.807) is 24.3 Å². The predicted octanol–water partition coefficient (Wildman–Crippen LogP) is 5.19. The van der Waals surface area contributed by atoms with Crippen molar-refractivity contribution in [1.29, 1.82) is 0 Å². The van der Waals surface area contributed by atoms with Crippen molar-refractivity contribution in [2.45, 2.75) is 11.3 Å². The molecule has 3 aromatic carbocycles. The quantitative estimate of drug-likeness (QED) is 0.490. The highest BCUT2D eigenvalue weighted by molar-refractivity contribution is 7.91. The summed E-state index contributed by atoms with van der Waals surface area (Å²) in [6, 6.07) is 29.7. The third-order valence-corrected chi connectivity index (χ3v) is 9.57. The Morgan fingerprint density at radius 3 is 1.62 bits per heavy atom. The van der Waals surface area contributed by atoms with E-state index < -0.39 is 18.1 Å². The lowest BCUT2D eigenvalue weighted by Gasteiger charge is -2.32. The van der Waals surface area contributed by atoms with E-state index in [0.717, 1.165) is 19.3 Å². The number of para-hydroxylation sites is 2. The average Bonchev–Trinajstić information content (AvgIpc) is 3.19. The third-order valence-electron chi connectivity index (χ3n) is 5.06. The molecule has 0 unspecified atom stereocenters. The van der Waals surface area contributed by atoms with Crippen LogP contribution in [-0.2, 0) is 9.84 Å². The largest absolute Gasteiger partial charge is 0.332 e. The van der Waals surface area contributed by atoms with Crippen molar-refractivity contribution >= 4 is 29.4 Å². The van der Waals surface area contributed by atoms with Crippen LogP contribution in [0.25, 0.3) is 0 Å². The molecular formula is C23H25N2O2PS. The lowest BCUT2D eigenvalue weighted by molar-refractivity contribution is 0.595. The zero-order chi connectivity index (χ0) is 20.1. The van der Waals surface area contributed by atoms with Gasteiger partial charge in [0.15, 0.2) is 9.84 Å². The van der Waals surface area contributed by atoms with Gasteiger partial charge in [-0.05, 0) is 42.8 Å². The molecule has 0 N–H and O–H groups in total. The van der Waals surface area contributed by atoms with Gasteiger partial charge in [0.25, 0.3) is 0 Å². The molecule has 0 aromatic heterocycles. The molecule has 0 saturated carbocycles. The Bertz CT molecular complexity index is 967. The van der Waals surface area contributed by atoms with Gasteiger partial charge in [0, 0.05) is 30.6 Å². The Hall–Kier alpha value is -2.36. The van der Waals surface area contributed by atoms with E-state index in [9.17, 15) is 8.42 Å². The first-order valence-corrected chi connectivity index (χ1v) is 12.9. The minimum atomic E-state index is -3.24. The Balaban J connectivity index is 1.52. The van der Waals surface area contributed by atoms with Crippen molar-refractivity contribution in [2.24, 2.45) is 0 Å². The Morgan fingerprint density at radius 2 is 1.14 bits per heavy atom. The highest BCUT2D eigenvalue weighted by Gasteiger charge is 2.32. The fourth-order valence-electron chi connectivity index (χ4n) is 3.66. The smallest absolute Gasteiger partial charge is 0.178 e. The molecule has 6 heteroatoms. The maximum Gasteiger partial charge on any atom is 0.178 e. The SMILES string of the molecule is O=S(=O)(CCCP1N(c2ccccc2)CCN1c1ccccc1)c1ccccc1. The second-order valence-electron chi connectivity index (χ2n) is 7.00. The maximum absolute atomic E-state index is 12.7. The van der Waals surface area contributed by atoms with E-state index >= 15 is 0 Å². The highest BCUT2D eigenvalue weighted by atomic mass is 32.2. The van der Waals surface area contributed by atoms with Crippen LogP contribution in [0, 0.1) is 0 Å². The van der Waals surface area contributed by atoms with Crippen LogP contribution in [-0.4, -0.2) is 33.4 Å². The molecule has 1 fully saturated rings. The van der Waals surface area contributed by atoms with Crippen LogP contribution in [0.2, 0.25) is 0 Å². The summed E-state index contributed by atoms with van der Waals surface area (Å²) in [6.07, 6.45) is 1.50. The van der Waals surface area contributed by atoms with E-state index in [4.69, 9.17) is 0 Å². The summed E-state index contributed by atoms with van der Waals surface area (Å²) < 4.78 is 30.3. The fraction of sp³-hybridized carbons (Fsp3) is 0.217. The van der Waals surface area contributed by atoms with Gasteiger partial charge < -0.3 is 9.34 Å². The molecule has 1 aliphatic heterocycles. The van der Waals surface area contributed by atoms with Crippen LogP contribution in [0.3, 0.4) is 0 Å². The van der Waals surface area contributed by atoms with E-state index in [1.165, 1.54) is 11.4 Å². The zero-order valence-electron chi connectivity index (χ0n) is 16.3. The first kappa shape index (κ1) is 19.9. The van der Waals surface area contributed by atoms with Gasteiger partial charge in [0.05, 0.1) is 18.9 Å². The van der Waals surface area contributed by atoms with Crippen molar-refractivity contribution < 1.29 is 8.42 Å². The second kappa shape index (κ2) is 8.98. The molecule has 1 heterocycles. The minimum absolute atomic E-state index is 0.182. The lowest BCUT2D eigenvalue weighted by Crippen LogP contribution is -2.18. The summed E-state index contributed by atoms with van der Waals surface area (Å²) in [5.41, 5.74) is 2.42. The van der Waals surface area contributed by atoms with Crippen LogP contribution >= 0.6 is 8.22 Å². The Labute approximate surface area is 174 Å². The number of nitrogens with zero attached hydrogens (tertiary/aromatic N) is 2. The number of benzene rings is 3. The first-order chi connectivity index (χ1) is 14.1. The standard InChI is InChI=1S/C23H25N2O2PS/c26-29(27,23-15-8-3-9-16-23)20-10-19-28-24(21-11-4-1-5-12-21)17-18-25(28)22-13-6-2-7-14-22/h1-9,11-16H,10,17-20H2. The summed E-state index contributed by atoms with van der Waals surface area (Å²) in [5, 5.41) is 0. The van der Waals surface area contributed by atoms with Gasteiger partial charge in [-0.25, -0.2) is 8.42 Å². The molecule has 0 aliphatic carbocycles. The van der Waals surface area contributed by atoms with Gasteiger partial charge >= 0.3 is 0 Å². The molecule has 0 amide bonds. The molecule has 4 rings (SSSR count). The van der Waals surface area contributed by atoms with Crippen molar-refractivity contribution in [3.05, 3.63) is 91.0 Å². The first-order valence-electron chi connectivity index (χ1n) is 9.85. The molecule has 0 radical (unpaired) electrons. The average molecular weight is 425 g/mol. The topological polar surface area (TPSA) is 40.6 Å². The number of sulfone groups is 1. The van der Waals surface area contributed by atoms with Gasteiger partial charge in [-0.3, -0.25) is 0 Å². The summed E-state index contributed by atoms with van der Waals surface area (Å²) in [4.78, 5) is 0.416. The maximum atomic E-state index is 12.7. The van der Waals surface area contributed by atoms with Crippen LogP contribution < -0.4 is 9.34 Å². The predicted molar refractivity (Wildman–Crippen MR) is 122 cm³/mol. The van der Waals surface area contributed by atoms with Gasteiger partial charge in [-0.15, -0.1) is 0 Å². The van der Waals surface area contributed by atoms with Crippen molar-refractivity contribution in [2.75, 3.05) is 34.3 Å². The van der Waals surface area contributed by atoms with Crippen LogP contribution in [0.5, 0.6) is 0 Å². The van der Waals surface area contributed by atoms with E-state index in [1.807, 2.05) is 18.2 Å². The molecule has 0 atom stereocenters. The Morgan fingerprint density at radius 1 is 0.690 bits per heavy atom. The molecule has 29 heavy (non-hydrogen) atoms. The van der Waals surface area contributed by atoms with Gasteiger partial charge in [0.2, 0.25) is 0 Å². The van der Waals surface area contributed by atoms with Crippen molar-refractivity contribution in [3.8, 4) is 0 Å². The van der Waals surface area contributed by atoms with Crippen LogP contribution in [0.15, 0.2) is 95.9 Å². The second-order valence-corrected chi connectivity index (χ2v) is 11.3. The number of anilines is 2. The molecule has 4 nitrogen and oxygen atoms in total. The van der Waals surface area contributed by atoms with Crippen LogP contribution in [0.4, 0.5) is 11.4 Å². The third kappa shape index (κ3) is 4.63. The summed E-state index contributed by atoms with van der Waals surface area (Å²) in [7, 11) is -3.89. The number of hydrogen-bond donors (Lipinski definition) is 0. The summed E-state index contributed by atoms with van der Waals surface area (Å²) in [5.74, 6) is 0.182. The summed E-state index contributed by atoms with van der Waals surface area (Å²) in [6.45, 7) is 1.91. The Kier molecular flexibility index (Phi) is 6.17. The zero-order valence-corrected chi connectivity index (χ0v) is 18.0. The summed E-state index contributed by atoms with van der Waals surface area (Å²) >= 11 is 0. The molecule has 150 valence electrons. The minimum Gasteiger partial charge on any atom is -0.332 e.